The number of carbonyl (C=O) groups is 2. The molecular weight excluding hydrogens is 414 g/mol. The van der Waals surface area contributed by atoms with E-state index in [1.165, 1.54) is 12.1 Å². The van der Waals surface area contributed by atoms with Gasteiger partial charge >= 0.3 is 5.97 Å². The minimum Gasteiger partial charge on any atom is -0.460 e. The Kier molecular flexibility index (Phi) is 7.56. The lowest BCUT2D eigenvalue weighted by atomic mass is 10.1. The van der Waals surface area contributed by atoms with E-state index >= 15 is 0 Å². The minimum atomic E-state index is -3.46. The van der Waals surface area contributed by atoms with E-state index in [2.05, 4.69) is 5.32 Å². The molecule has 0 aliphatic heterocycles. The first-order chi connectivity index (χ1) is 14.9. The number of benzene rings is 3. The van der Waals surface area contributed by atoms with Crippen LogP contribution < -0.4 is 5.32 Å². The van der Waals surface area contributed by atoms with E-state index in [9.17, 15) is 18.0 Å². The van der Waals surface area contributed by atoms with Crippen LogP contribution in [-0.4, -0.2) is 26.8 Å². The highest BCUT2D eigenvalue weighted by atomic mass is 32.2. The third-order valence-electron chi connectivity index (χ3n) is 4.52. The molecule has 0 aromatic heterocycles. The molecule has 0 saturated carbocycles. The summed E-state index contributed by atoms with van der Waals surface area (Å²) in [7, 11) is -3.46. The van der Waals surface area contributed by atoms with Gasteiger partial charge in [-0.05, 0) is 28.8 Å². The molecule has 1 amide bonds. The van der Waals surface area contributed by atoms with Gasteiger partial charge in [0.2, 0.25) is 5.91 Å². The summed E-state index contributed by atoms with van der Waals surface area (Å²) in [4.78, 5) is 24.0. The van der Waals surface area contributed by atoms with Crippen LogP contribution in [0.3, 0.4) is 0 Å². The maximum atomic E-state index is 12.5. The van der Waals surface area contributed by atoms with Gasteiger partial charge in [0.05, 0.1) is 17.1 Å². The minimum absolute atomic E-state index is 0.00754. The Morgan fingerprint density at radius 1 is 0.742 bits per heavy atom. The van der Waals surface area contributed by atoms with Gasteiger partial charge in [-0.25, -0.2) is 8.42 Å². The lowest BCUT2D eigenvalue weighted by molar-refractivity contribution is -0.145. The molecule has 160 valence electrons. The molecule has 0 fully saturated rings. The average Bonchev–Trinajstić information content (AvgIpc) is 2.77. The summed E-state index contributed by atoms with van der Waals surface area (Å²) in [6.07, 6.45) is 0.188. The van der Waals surface area contributed by atoms with Crippen molar-refractivity contribution < 1.29 is 22.7 Å². The van der Waals surface area contributed by atoms with E-state index in [0.29, 0.717) is 5.56 Å². The zero-order chi connectivity index (χ0) is 22.1. The quantitative estimate of drug-likeness (QED) is 0.520. The van der Waals surface area contributed by atoms with Crippen molar-refractivity contribution >= 4 is 21.7 Å². The largest absolute Gasteiger partial charge is 0.460 e. The fourth-order valence-electron chi connectivity index (χ4n) is 2.90. The fraction of sp³-hybridized carbons (Fsp3) is 0.167. The SMILES string of the molecule is O=C(Cc1ccccc1)NCC(=O)OCc1ccc(S(=O)(=O)Cc2ccccc2)cc1. The van der Waals surface area contributed by atoms with Gasteiger partial charge in [0.1, 0.15) is 13.2 Å². The predicted octanol–water partition coefficient (Wildman–Crippen LogP) is 3.06. The van der Waals surface area contributed by atoms with E-state index in [-0.39, 0.29) is 36.1 Å². The molecule has 0 atom stereocenters. The van der Waals surface area contributed by atoms with Crippen LogP contribution in [0.25, 0.3) is 0 Å². The van der Waals surface area contributed by atoms with Gasteiger partial charge in [-0.2, -0.15) is 0 Å². The van der Waals surface area contributed by atoms with Gasteiger partial charge in [-0.3, -0.25) is 9.59 Å². The Bertz CT molecular complexity index is 1110. The number of hydrogen-bond acceptors (Lipinski definition) is 5. The smallest absolute Gasteiger partial charge is 0.325 e. The Labute approximate surface area is 181 Å². The van der Waals surface area contributed by atoms with Gasteiger partial charge in [-0.15, -0.1) is 0 Å². The van der Waals surface area contributed by atoms with E-state index in [1.807, 2.05) is 36.4 Å². The number of carbonyl (C=O) groups excluding carboxylic acids is 2. The van der Waals surface area contributed by atoms with Crippen molar-refractivity contribution in [2.24, 2.45) is 0 Å². The summed E-state index contributed by atoms with van der Waals surface area (Å²) in [6.45, 7) is -0.235. The maximum Gasteiger partial charge on any atom is 0.325 e. The normalized spacial score (nSPS) is 11.0. The van der Waals surface area contributed by atoms with Gasteiger partial charge in [0, 0.05) is 0 Å². The van der Waals surface area contributed by atoms with E-state index < -0.39 is 15.8 Å². The zero-order valence-electron chi connectivity index (χ0n) is 16.9. The molecule has 7 heteroatoms. The van der Waals surface area contributed by atoms with Crippen molar-refractivity contribution in [2.75, 3.05) is 6.54 Å². The van der Waals surface area contributed by atoms with E-state index in [1.54, 1.807) is 36.4 Å². The molecule has 1 N–H and O–H groups in total. The molecule has 0 spiro atoms. The van der Waals surface area contributed by atoms with Crippen LogP contribution in [0.1, 0.15) is 16.7 Å². The number of nitrogens with one attached hydrogen (secondary N) is 1. The second kappa shape index (κ2) is 10.5. The van der Waals surface area contributed by atoms with Crippen molar-refractivity contribution in [1.29, 1.82) is 0 Å². The number of sulfone groups is 1. The number of hydrogen-bond donors (Lipinski definition) is 1. The predicted molar refractivity (Wildman–Crippen MR) is 117 cm³/mol. The van der Waals surface area contributed by atoms with Crippen LogP contribution in [0.4, 0.5) is 0 Å². The lowest BCUT2D eigenvalue weighted by Gasteiger charge is -2.08. The van der Waals surface area contributed by atoms with Crippen molar-refractivity contribution in [3.05, 3.63) is 102 Å². The Balaban J connectivity index is 1.45. The van der Waals surface area contributed by atoms with E-state index in [4.69, 9.17) is 4.74 Å². The van der Waals surface area contributed by atoms with Crippen LogP contribution in [0.5, 0.6) is 0 Å². The van der Waals surface area contributed by atoms with Crippen molar-refractivity contribution in [2.45, 2.75) is 23.7 Å². The topological polar surface area (TPSA) is 89.5 Å². The summed E-state index contributed by atoms with van der Waals surface area (Å²) in [6, 6.07) is 24.4. The molecule has 0 unspecified atom stereocenters. The number of esters is 1. The zero-order valence-corrected chi connectivity index (χ0v) is 17.7. The first-order valence-electron chi connectivity index (χ1n) is 9.74. The fourth-order valence-corrected chi connectivity index (χ4v) is 4.25. The highest BCUT2D eigenvalue weighted by Crippen LogP contribution is 2.17. The molecule has 0 aliphatic rings. The van der Waals surface area contributed by atoms with Crippen LogP contribution in [0.2, 0.25) is 0 Å². The molecule has 3 aromatic rings. The van der Waals surface area contributed by atoms with Gasteiger partial charge in [-0.1, -0.05) is 72.8 Å². The van der Waals surface area contributed by atoms with Gasteiger partial charge in [0.25, 0.3) is 0 Å². The van der Waals surface area contributed by atoms with Crippen molar-refractivity contribution in [3.63, 3.8) is 0 Å². The van der Waals surface area contributed by atoms with E-state index in [0.717, 1.165) is 11.1 Å². The monoisotopic (exact) mass is 437 g/mol. The molecule has 3 rings (SSSR count). The summed E-state index contributed by atoms with van der Waals surface area (Å²) in [5, 5.41) is 2.53. The summed E-state index contributed by atoms with van der Waals surface area (Å²) < 4.78 is 30.2. The number of ether oxygens (including phenoxy) is 1. The van der Waals surface area contributed by atoms with Crippen molar-refractivity contribution in [1.82, 2.24) is 5.32 Å². The third kappa shape index (κ3) is 7.08. The van der Waals surface area contributed by atoms with Gasteiger partial charge in [0.15, 0.2) is 9.84 Å². The van der Waals surface area contributed by atoms with Crippen LogP contribution in [-0.2, 0) is 42.9 Å². The highest BCUT2D eigenvalue weighted by molar-refractivity contribution is 7.90. The van der Waals surface area contributed by atoms with Gasteiger partial charge < -0.3 is 10.1 Å². The molecule has 3 aromatic carbocycles. The highest BCUT2D eigenvalue weighted by Gasteiger charge is 2.15. The second-order valence-corrected chi connectivity index (χ2v) is 8.98. The summed E-state index contributed by atoms with van der Waals surface area (Å²) >= 11 is 0. The van der Waals surface area contributed by atoms with Crippen LogP contribution in [0, 0.1) is 0 Å². The molecule has 0 saturated heterocycles. The average molecular weight is 438 g/mol. The van der Waals surface area contributed by atoms with Crippen LogP contribution >= 0.6 is 0 Å². The lowest BCUT2D eigenvalue weighted by Crippen LogP contribution is -2.31. The molecule has 0 bridgehead atoms. The van der Waals surface area contributed by atoms with Crippen molar-refractivity contribution in [3.8, 4) is 0 Å². The molecule has 0 aliphatic carbocycles. The first kappa shape index (κ1) is 22.2. The Morgan fingerprint density at radius 2 is 1.32 bits per heavy atom. The Hall–Kier alpha value is -3.45. The molecule has 0 heterocycles. The Morgan fingerprint density at radius 3 is 1.94 bits per heavy atom. The molecule has 31 heavy (non-hydrogen) atoms. The molecule has 6 nitrogen and oxygen atoms in total. The maximum absolute atomic E-state index is 12.5. The molecular formula is C24H23NO5S. The second-order valence-electron chi connectivity index (χ2n) is 6.99. The first-order valence-corrected chi connectivity index (χ1v) is 11.4. The third-order valence-corrected chi connectivity index (χ3v) is 6.22. The standard InChI is InChI=1S/C24H23NO5S/c26-23(15-19-7-3-1-4-8-19)25-16-24(27)30-17-20-11-13-22(14-12-20)31(28,29)18-21-9-5-2-6-10-21/h1-14H,15-18H2,(H,25,26). The summed E-state index contributed by atoms with van der Waals surface area (Å²) in [5.41, 5.74) is 2.23. The number of amides is 1. The van der Waals surface area contributed by atoms with Crippen LogP contribution in [0.15, 0.2) is 89.8 Å². The molecule has 0 radical (unpaired) electrons. The number of rotatable bonds is 9. The summed E-state index contributed by atoms with van der Waals surface area (Å²) in [5.74, 6) is -0.913.